The Morgan fingerprint density at radius 3 is 2.45 bits per heavy atom. The van der Waals surface area contributed by atoms with E-state index in [1.54, 1.807) is 30.0 Å². The summed E-state index contributed by atoms with van der Waals surface area (Å²) in [5, 5.41) is 14.9. The van der Waals surface area contributed by atoms with Crippen molar-refractivity contribution >= 4 is 23.1 Å². The molecule has 0 unspecified atom stereocenters. The van der Waals surface area contributed by atoms with Crippen LogP contribution in [0.15, 0.2) is 83.9 Å². The fraction of sp³-hybridized carbons (Fsp3) is 0.154. The van der Waals surface area contributed by atoms with Crippen LogP contribution in [0, 0.1) is 0 Å². The van der Waals surface area contributed by atoms with Gasteiger partial charge in [-0.2, -0.15) is 0 Å². The number of hydrogen-bond acceptors (Lipinski definition) is 6. The second-order valence-electron chi connectivity index (χ2n) is 7.71. The second kappa shape index (κ2) is 10.8. The molecular weight excluding hydrogens is 434 g/mol. The Labute approximate surface area is 196 Å². The van der Waals surface area contributed by atoms with Gasteiger partial charge >= 0.3 is 5.97 Å². The number of carbonyl (C=O) groups excluding carboxylic acids is 1. The maximum atomic E-state index is 13.4. The van der Waals surface area contributed by atoms with E-state index < -0.39 is 12.0 Å². The Kier molecular flexibility index (Phi) is 7.34. The normalized spacial score (nSPS) is 11.8. The van der Waals surface area contributed by atoms with Crippen LogP contribution in [0.2, 0.25) is 0 Å². The first kappa shape index (κ1) is 22.5. The molecule has 0 aliphatic carbocycles. The highest BCUT2D eigenvalue weighted by Gasteiger charge is 2.20. The number of nitrogens with zero attached hydrogens (tertiary/aromatic N) is 2. The lowest BCUT2D eigenvalue weighted by molar-refractivity contribution is -0.120. The highest BCUT2D eigenvalue weighted by molar-refractivity contribution is 7.07. The largest absolute Gasteiger partial charge is 0.478 e. The third-order valence-electron chi connectivity index (χ3n) is 5.32. The molecule has 0 radical (unpaired) electrons. The van der Waals surface area contributed by atoms with Crippen molar-refractivity contribution in [2.45, 2.75) is 25.4 Å². The van der Waals surface area contributed by atoms with Crippen LogP contribution in [0.25, 0.3) is 11.1 Å². The summed E-state index contributed by atoms with van der Waals surface area (Å²) in [6.45, 7) is 0.490. The molecule has 7 heteroatoms. The monoisotopic (exact) mass is 457 g/mol. The minimum atomic E-state index is -1.03. The fourth-order valence-corrected chi connectivity index (χ4v) is 4.21. The van der Waals surface area contributed by atoms with Crippen molar-refractivity contribution in [3.8, 4) is 11.1 Å². The molecule has 0 aliphatic rings. The maximum absolute atomic E-state index is 13.4. The van der Waals surface area contributed by atoms with E-state index in [1.165, 1.54) is 11.3 Å². The summed E-state index contributed by atoms with van der Waals surface area (Å²) in [7, 11) is 0. The highest BCUT2D eigenvalue weighted by Crippen LogP contribution is 2.23. The number of carboxylic acid groups (broad SMARTS) is 1. The van der Waals surface area contributed by atoms with E-state index in [0.29, 0.717) is 18.5 Å². The average Bonchev–Trinajstić information content (AvgIpc) is 3.36. The van der Waals surface area contributed by atoms with Gasteiger partial charge in [0.1, 0.15) is 0 Å². The Morgan fingerprint density at radius 1 is 0.970 bits per heavy atom. The number of thiazole rings is 1. The van der Waals surface area contributed by atoms with Gasteiger partial charge in [-0.25, -0.2) is 9.78 Å². The van der Waals surface area contributed by atoms with Crippen LogP contribution in [0.4, 0.5) is 0 Å². The number of aromatic carboxylic acids is 1. The third kappa shape index (κ3) is 6.19. The Bertz CT molecular complexity index is 1210. The van der Waals surface area contributed by atoms with Crippen molar-refractivity contribution in [3.63, 3.8) is 0 Å². The first-order chi connectivity index (χ1) is 16.1. The minimum Gasteiger partial charge on any atom is -0.478 e. The Morgan fingerprint density at radius 2 is 1.76 bits per heavy atom. The third-order valence-corrected chi connectivity index (χ3v) is 5.95. The number of benzene rings is 2. The van der Waals surface area contributed by atoms with Gasteiger partial charge < -0.3 is 10.4 Å². The number of ketones is 1. The number of nitrogens with one attached hydrogen (secondary N) is 1. The topological polar surface area (TPSA) is 92.2 Å². The van der Waals surface area contributed by atoms with E-state index in [2.05, 4.69) is 15.3 Å². The summed E-state index contributed by atoms with van der Waals surface area (Å²) in [5.41, 5.74) is 6.13. The van der Waals surface area contributed by atoms with Gasteiger partial charge in [-0.1, -0.05) is 36.4 Å². The number of carboxylic acids is 1. The van der Waals surface area contributed by atoms with Crippen LogP contribution < -0.4 is 5.32 Å². The van der Waals surface area contributed by atoms with E-state index in [4.69, 9.17) is 0 Å². The number of hydrogen-bond donors (Lipinski definition) is 2. The molecule has 4 aromatic rings. The van der Waals surface area contributed by atoms with E-state index in [-0.39, 0.29) is 17.8 Å². The maximum Gasteiger partial charge on any atom is 0.335 e. The zero-order valence-electron chi connectivity index (χ0n) is 17.8. The van der Waals surface area contributed by atoms with E-state index in [0.717, 1.165) is 22.4 Å². The van der Waals surface area contributed by atoms with Gasteiger partial charge in [0.15, 0.2) is 5.78 Å². The van der Waals surface area contributed by atoms with Gasteiger partial charge in [0.2, 0.25) is 0 Å². The molecule has 0 fully saturated rings. The predicted octanol–water partition coefficient (Wildman–Crippen LogP) is 4.42. The zero-order valence-corrected chi connectivity index (χ0v) is 18.7. The molecule has 1 atom stereocenters. The van der Waals surface area contributed by atoms with Crippen LogP contribution >= 0.6 is 11.3 Å². The molecule has 0 amide bonds. The van der Waals surface area contributed by atoms with Crippen molar-refractivity contribution in [3.05, 3.63) is 106 Å². The van der Waals surface area contributed by atoms with Crippen LogP contribution in [-0.2, 0) is 24.2 Å². The van der Waals surface area contributed by atoms with E-state index >= 15 is 0 Å². The number of Topliss-reactive ketones (excluding diaryl/α,β-unsaturated/α-hetero) is 1. The molecule has 2 aromatic carbocycles. The van der Waals surface area contributed by atoms with Gasteiger partial charge in [-0.05, 0) is 52.9 Å². The fourth-order valence-electron chi connectivity index (χ4n) is 3.66. The summed E-state index contributed by atoms with van der Waals surface area (Å²) < 4.78 is 0. The van der Waals surface area contributed by atoms with Gasteiger partial charge in [0.25, 0.3) is 0 Å². The van der Waals surface area contributed by atoms with E-state index in [9.17, 15) is 14.7 Å². The molecule has 166 valence electrons. The van der Waals surface area contributed by atoms with Crippen LogP contribution in [0.5, 0.6) is 0 Å². The molecule has 4 rings (SSSR count). The number of aromatic nitrogens is 2. The molecular formula is C26H23N3O3S. The molecule has 0 saturated heterocycles. The highest BCUT2D eigenvalue weighted by atomic mass is 32.1. The Balaban J connectivity index is 1.58. The molecule has 0 spiro atoms. The van der Waals surface area contributed by atoms with Gasteiger partial charge in [-0.15, -0.1) is 11.3 Å². The first-order valence-corrected chi connectivity index (χ1v) is 11.5. The lowest BCUT2D eigenvalue weighted by atomic mass is 9.94. The lowest BCUT2D eigenvalue weighted by Gasteiger charge is -2.18. The van der Waals surface area contributed by atoms with E-state index in [1.807, 2.05) is 53.9 Å². The molecule has 0 bridgehead atoms. The minimum absolute atomic E-state index is 0.00250. The van der Waals surface area contributed by atoms with Gasteiger partial charge in [-0.3, -0.25) is 9.78 Å². The van der Waals surface area contributed by atoms with Gasteiger partial charge in [0.05, 0.1) is 22.8 Å². The molecule has 6 nitrogen and oxygen atoms in total. The molecule has 2 heterocycles. The smallest absolute Gasteiger partial charge is 0.335 e. The number of rotatable bonds is 10. The standard InChI is InChI=1S/C26H23N3O3S/c30-25(24(12-18-4-2-1-3-5-18)28-15-23-16-33-17-29-23)13-19-10-21(14-22(11-19)26(31)32)20-6-8-27-9-7-20/h1-11,14,16-17,24,28H,12-13,15H2,(H,31,32)/t24-/m0/s1. The van der Waals surface area contributed by atoms with Crippen molar-refractivity contribution in [2.75, 3.05) is 0 Å². The zero-order chi connectivity index (χ0) is 23.0. The predicted molar refractivity (Wildman–Crippen MR) is 128 cm³/mol. The van der Waals surface area contributed by atoms with Crippen LogP contribution in [0.3, 0.4) is 0 Å². The van der Waals surface area contributed by atoms with Crippen molar-refractivity contribution < 1.29 is 14.7 Å². The van der Waals surface area contributed by atoms with Crippen molar-refractivity contribution in [1.82, 2.24) is 15.3 Å². The average molecular weight is 458 g/mol. The number of pyridine rings is 1. The van der Waals surface area contributed by atoms with Crippen LogP contribution in [-0.4, -0.2) is 32.9 Å². The quantitative estimate of drug-likeness (QED) is 0.366. The van der Waals surface area contributed by atoms with Crippen LogP contribution in [0.1, 0.15) is 27.2 Å². The summed E-state index contributed by atoms with van der Waals surface area (Å²) in [6, 6.07) is 18.1. The van der Waals surface area contributed by atoms with Crippen molar-refractivity contribution in [1.29, 1.82) is 0 Å². The molecule has 33 heavy (non-hydrogen) atoms. The molecule has 2 N–H and O–H groups in total. The summed E-state index contributed by atoms with van der Waals surface area (Å²) in [6.07, 6.45) is 3.98. The summed E-state index contributed by atoms with van der Waals surface area (Å²) >= 11 is 1.51. The Hall–Kier alpha value is -3.68. The molecule has 0 saturated carbocycles. The van der Waals surface area contributed by atoms with Gasteiger partial charge in [0, 0.05) is 30.7 Å². The first-order valence-electron chi connectivity index (χ1n) is 10.5. The molecule has 2 aromatic heterocycles. The van der Waals surface area contributed by atoms with Crippen molar-refractivity contribution in [2.24, 2.45) is 0 Å². The second-order valence-corrected chi connectivity index (χ2v) is 8.42. The lowest BCUT2D eigenvalue weighted by Crippen LogP contribution is -2.39. The number of carbonyl (C=O) groups is 2. The summed E-state index contributed by atoms with van der Waals surface area (Å²) in [5.74, 6) is -1.03. The molecule has 0 aliphatic heterocycles. The SMILES string of the molecule is O=C(O)c1cc(CC(=O)[C@H](Cc2ccccc2)NCc2cscn2)cc(-c2ccncc2)c1. The summed E-state index contributed by atoms with van der Waals surface area (Å²) in [4.78, 5) is 33.4.